The van der Waals surface area contributed by atoms with E-state index in [0.717, 1.165) is 11.8 Å². The van der Waals surface area contributed by atoms with Gasteiger partial charge in [-0.1, -0.05) is 71.9 Å². The van der Waals surface area contributed by atoms with Crippen molar-refractivity contribution in [1.29, 1.82) is 0 Å². The number of hydrogen-bond donors (Lipinski definition) is 0. The monoisotopic (exact) mass is 378 g/mol. The summed E-state index contributed by atoms with van der Waals surface area (Å²) in [5, 5.41) is 0. The predicted octanol–water partition coefficient (Wildman–Crippen LogP) is 5.25. The van der Waals surface area contributed by atoms with Crippen molar-refractivity contribution >= 4 is 14.6 Å². The maximum atomic E-state index is 11.6. The highest BCUT2D eigenvalue weighted by Gasteiger charge is 2.49. The first-order chi connectivity index (χ1) is 12.2. The molecule has 1 aliphatic rings. The normalized spacial score (nSPS) is 25.2. The quantitative estimate of drug-likeness (QED) is 0.458. The molecule has 0 N–H and O–H groups in total. The van der Waals surface area contributed by atoms with Gasteiger partial charge in [0.1, 0.15) is 12.2 Å². The number of rotatable bonds is 8. The number of carbonyl (C=O) groups excluding carboxylic acids is 1. The van der Waals surface area contributed by atoms with Crippen LogP contribution >= 0.6 is 0 Å². The highest BCUT2D eigenvalue weighted by molar-refractivity contribution is 6.77. The Morgan fingerprint density at radius 3 is 1.92 bits per heavy atom. The fraction of sp³-hybridized carbons (Fsp3) is 0.667. The summed E-state index contributed by atoms with van der Waals surface area (Å²) in [6.45, 7) is 15.6. The van der Waals surface area contributed by atoms with Crippen molar-refractivity contribution in [3.63, 3.8) is 0 Å². The van der Waals surface area contributed by atoms with Gasteiger partial charge in [0, 0.05) is 5.56 Å². The molecule has 0 unspecified atom stereocenters. The molecule has 0 aromatic heterocycles. The van der Waals surface area contributed by atoms with Crippen LogP contribution in [0.5, 0.6) is 0 Å². The van der Waals surface area contributed by atoms with Crippen LogP contribution < -0.4 is 0 Å². The predicted molar refractivity (Wildman–Crippen MR) is 107 cm³/mol. The van der Waals surface area contributed by atoms with Gasteiger partial charge >= 0.3 is 0 Å². The van der Waals surface area contributed by atoms with Gasteiger partial charge in [0.05, 0.1) is 6.10 Å². The van der Waals surface area contributed by atoms with Crippen molar-refractivity contribution in [2.75, 3.05) is 0 Å². The summed E-state index contributed by atoms with van der Waals surface area (Å²) in [6.07, 6.45) is -0.862. The molecule has 0 saturated carbocycles. The molecule has 1 aromatic rings. The Kier molecular flexibility index (Phi) is 7.19. The molecule has 1 fully saturated rings. The second-order valence-corrected chi connectivity index (χ2v) is 13.6. The molecule has 0 amide bonds. The third-order valence-electron chi connectivity index (χ3n) is 5.65. The van der Waals surface area contributed by atoms with E-state index in [1.54, 1.807) is 0 Å². The summed E-state index contributed by atoms with van der Waals surface area (Å²) in [5.41, 5.74) is 2.36. The first kappa shape index (κ1) is 21.3. The number of aldehydes is 1. The summed E-state index contributed by atoms with van der Waals surface area (Å²) in [5.74, 6) is 0. The smallest absolute Gasteiger partial charge is 0.200 e. The summed E-state index contributed by atoms with van der Waals surface area (Å²) in [7, 11) is -2.05. The molecule has 5 heteroatoms. The Balaban J connectivity index is 2.21. The average Bonchev–Trinajstić information content (AvgIpc) is 3.03. The summed E-state index contributed by atoms with van der Waals surface area (Å²) < 4.78 is 18.8. The third-order valence-corrected chi connectivity index (χ3v) is 11.8. The van der Waals surface area contributed by atoms with E-state index in [1.165, 1.54) is 0 Å². The fourth-order valence-corrected chi connectivity index (χ4v) is 10.1. The second kappa shape index (κ2) is 8.78. The molecule has 0 spiro atoms. The van der Waals surface area contributed by atoms with Gasteiger partial charge in [-0.15, -0.1) is 0 Å². The molecule has 4 atom stereocenters. The van der Waals surface area contributed by atoms with Crippen molar-refractivity contribution in [3.05, 3.63) is 35.9 Å². The fourth-order valence-electron chi connectivity index (χ4n) is 4.52. The summed E-state index contributed by atoms with van der Waals surface area (Å²) >= 11 is 0. The van der Waals surface area contributed by atoms with Gasteiger partial charge < -0.3 is 18.7 Å². The molecule has 0 bridgehead atoms. The summed E-state index contributed by atoms with van der Waals surface area (Å²) in [4.78, 5) is 11.6. The topological polar surface area (TPSA) is 44.8 Å². The highest BCUT2D eigenvalue weighted by Crippen LogP contribution is 2.44. The SMILES string of the molecule is CC(C)[Si](O[C@@H](C)[C@@H]1O[C@@H](c2ccccc2)O[C@H]1C=O)(C(C)C)C(C)C. The first-order valence-corrected chi connectivity index (χ1v) is 11.9. The third kappa shape index (κ3) is 4.11. The van der Waals surface area contributed by atoms with Crippen molar-refractivity contribution in [3.8, 4) is 0 Å². The van der Waals surface area contributed by atoms with Crippen LogP contribution in [-0.4, -0.2) is 32.9 Å². The molecule has 0 radical (unpaired) electrons. The molecule has 1 aliphatic heterocycles. The maximum absolute atomic E-state index is 11.6. The Morgan fingerprint density at radius 2 is 1.46 bits per heavy atom. The van der Waals surface area contributed by atoms with Gasteiger partial charge in [-0.2, -0.15) is 0 Å². The zero-order valence-electron chi connectivity index (χ0n) is 17.1. The molecule has 1 heterocycles. The van der Waals surface area contributed by atoms with E-state index >= 15 is 0 Å². The Bertz CT molecular complexity index is 551. The number of carbonyl (C=O) groups is 1. The van der Waals surface area contributed by atoms with Crippen LogP contribution in [0.15, 0.2) is 30.3 Å². The van der Waals surface area contributed by atoms with E-state index < -0.39 is 20.7 Å². The van der Waals surface area contributed by atoms with Crippen molar-refractivity contribution in [2.24, 2.45) is 0 Å². The lowest BCUT2D eigenvalue weighted by molar-refractivity contribution is -0.119. The molecule has 1 saturated heterocycles. The number of benzene rings is 1. The zero-order valence-corrected chi connectivity index (χ0v) is 18.1. The van der Waals surface area contributed by atoms with E-state index in [4.69, 9.17) is 13.9 Å². The van der Waals surface area contributed by atoms with Crippen molar-refractivity contribution in [2.45, 2.75) is 89.7 Å². The van der Waals surface area contributed by atoms with E-state index in [2.05, 4.69) is 41.5 Å². The molecule has 26 heavy (non-hydrogen) atoms. The van der Waals surface area contributed by atoms with Gasteiger partial charge in [0.2, 0.25) is 8.32 Å². The summed E-state index contributed by atoms with van der Waals surface area (Å²) in [6, 6.07) is 9.75. The standard InChI is InChI=1S/C21H34O4Si/c1-14(2)26(15(3)4,16(5)6)25-17(7)20-19(13-22)23-21(24-20)18-11-9-8-10-12-18/h8-17,19-21H,1-7H3/t17-,19-,20-,21-/m0/s1. The Hall–Kier alpha value is -1.01. The second-order valence-electron chi connectivity index (χ2n) is 8.22. The molecular weight excluding hydrogens is 344 g/mol. The number of ether oxygens (including phenoxy) is 2. The molecule has 146 valence electrons. The minimum atomic E-state index is -2.05. The highest BCUT2D eigenvalue weighted by atomic mass is 28.4. The Labute approximate surface area is 159 Å². The van der Waals surface area contributed by atoms with E-state index in [-0.39, 0.29) is 12.2 Å². The maximum Gasteiger partial charge on any atom is 0.200 e. The lowest BCUT2D eigenvalue weighted by atomic mass is 10.1. The van der Waals surface area contributed by atoms with E-state index in [0.29, 0.717) is 16.6 Å². The van der Waals surface area contributed by atoms with Crippen LogP contribution in [0.25, 0.3) is 0 Å². The molecular formula is C21H34O4Si. The van der Waals surface area contributed by atoms with Crippen molar-refractivity contribution < 1.29 is 18.7 Å². The van der Waals surface area contributed by atoms with Crippen LogP contribution in [0.1, 0.15) is 60.3 Å². The average molecular weight is 379 g/mol. The molecule has 1 aromatic carbocycles. The van der Waals surface area contributed by atoms with Crippen LogP contribution in [0, 0.1) is 0 Å². The largest absolute Gasteiger partial charge is 0.411 e. The Morgan fingerprint density at radius 1 is 0.923 bits per heavy atom. The van der Waals surface area contributed by atoms with Crippen molar-refractivity contribution in [1.82, 2.24) is 0 Å². The minimum absolute atomic E-state index is 0.197. The van der Waals surface area contributed by atoms with Crippen LogP contribution in [0.3, 0.4) is 0 Å². The lowest BCUT2D eigenvalue weighted by Crippen LogP contribution is -2.53. The minimum Gasteiger partial charge on any atom is -0.411 e. The van der Waals surface area contributed by atoms with Gasteiger partial charge in [0.25, 0.3) is 0 Å². The van der Waals surface area contributed by atoms with Gasteiger partial charge in [0.15, 0.2) is 12.6 Å². The number of hydrogen-bond acceptors (Lipinski definition) is 4. The molecule has 0 aliphatic carbocycles. The first-order valence-electron chi connectivity index (χ1n) is 9.73. The van der Waals surface area contributed by atoms with Crippen LogP contribution in [-0.2, 0) is 18.7 Å². The van der Waals surface area contributed by atoms with Crippen LogP contribution in [0.2, 0.25) is 16.6 Å². The van der Waals surface area contributed by atoms with Gasteiger partial charge in [-0.25, -0.2) is 0 Å². The van der Waals surface area contributed by atoms with Gasteiger partial charge in [-0.3, -0.25) is 0 Å². The molecule has 4 nitrogen and oxygen atoms in total. The van der Waals surface area contributed by atoms with Crippen LogP contribution in [0.4, 0.5) is 0 Å². The van der Waals surface area contributed by atoms with E-state index in [1.807, 2.05) is 37.3 Å². The zero-order chi connectivity index (χ0) is 19.5. The molecule has 2 rings (SSSR count). The van der Waals surface area contributed by atoms with Gasteiger partial charge in [-0.05, 0) is 23.5 Å². The lowest BCUT2D eigenvalue weighted by Gasteiger charge is -2.45. The van der Waals surface area contributed by atoms with E-state index in [9.17, 15) is 4.79 Å².